The van der Waals surface area contributed by atoms with E-state index in [-0.39, 0.29) is 0 Å². The van der Waals surface area contributed by atoms with Crippen LogP contribution < -0.4 is 11.1 Å². The van der Waals surface area contributed by atoms with E-state index in [0.717, 1.165) is 35.4 Å². The van der Waals surface area contributed by atoms with Crippen LogP contribution in [0.25, 0.3) is 10.2 Å². The Balaban J connectivity index is 2.11. The van der Waals surface area contributed by atoms with Gasteiger partial charge in [-0.2, -0.15) is 0 Å². The molecule has 0 aliphatic rings. The average Bonchev–Trinajstić information content (AvgIpc) is 2.75. The zero-order chi connectivity index (χ0) is 11.4. The topological polar surface area (TPSA) is 63.8 Å². The molecule has 2 aromatic heterocycles. The second-order valence-corrected chi connectivity index (χ2v) is 4.73. The maximum Gasteiger partial charge on any atom is 0.138 e. The Morgan fingerprint density at radius 2 is 2.38 bits per heavy atom. The number of hydrogen-bond donors (Lipinski definition) is 2. The van der Waals surface area contributed by atoms with Crippen LogP contribution in [0.1, 0.15) is 19.8 Å². The van der Waals surface area contributed by atoms with Gasteiger partial charge in [-0.3, -0.25) is 0 Å². The normalized spacial score (nSPS) is 12.9. The smallest absolute Gasteiger partial charge is 0.138 e. The Kier molecular flexibility index (Phi) is 3.69. The fraction of sp³-hybridized carbons (Fsp3) is 0.455. The van der Waals surface area contributed by atoms with Crippen molar-refractivity contribution < 1.29 is 0 Å². The van der Waals surface area contributed by atoms with E-state index in [4.69, 9.17) is 5.73 Å². The molecule has 0 fully saturated rings. The highest BCUT2D eigenvalue weighted by molar-refractivity contribution is 7.16. The summed E-state index contributed by atoms with van der Waals surface area (Å²) in [5.74, 6) is 0.927. The molecular formula is C11H16N4S. The van der Waals surface area contributed by atoms with E-state index >= 15 is 0 Å². The van der Waals surface area contributed by atoms with Crippen LogP contribution in [-0.4, -0.2) is 22.6 Å². The van der Waals surface area contributed by atoms with Gasteiger partial charge in [-0.05, 0) is 37.8 Å². The summed E-state index contributed by atoms with van der Waals surface area (Å²) in [4.78, 5) is 9.53. The van der Waals surface area contributed by atoms with Crippen molar-refractivity contribution in [2.24, 2.45) is 5.73 Å². The molecule has 0 saturated carbocycles. The summed E-state index contributed by atoms with van der Waals surface area (Å²) in [6.07, 6.45) is 3.70. The standard InChI is InChI=1S/C11H16N4S/c1-8(3-2-5-12)15-10-9-4-6-16-11(9)14-7-13-10/h4,6-8H,2-3,5,12H2,1H3,(H,13,14,15). The van der Waals surface area contributed by atoms with Crippen LogP contribution in [0.2, 0.25) is 0 Å². The Labute approximate surface area is 98.9 Å². The van der Waals surface area contributed by atoms with E-state index in [1.807, 2.05) is 5.38 Å². The summed E-state index contributed by atoms with van der Waals surface area (Å²) in [5.41, 5.74) is 5.49. The number of fused-ring (bicyclic) bond motifs is 1. The lowest BCUT2D eigenvalue weighted by molar-refractivity contribution is 0.661. The molecule has 0 aliphatic heterocycles. The number of nitrogens with one attached hydrogen (secondary N) is 1. The molecule has 1 unspecified atom stereocenters. The van der Waals surface area contributed by atoms with Gasteiger partial charge in [0, 0.05) is 6.04 Å². The number of aromatic nitrogens is 2. The maximum atomic E-state index is 5.49. The van der Waals surface area contributed by atoms with Gasteiger partial charge in [-0.1, -0.05) is 0 Å². The minimum absolute atomic E-state index is 0.390. The van der Waals surface area contributed by atoms with Gasteiger partial charge in [-0.25, -0.2) is 9.97 Å². The molecule has 0 aromatic carbocycles. The minimum atomic E-state index is 0.390. The highest BCUT2D eigenvalue weighted by Gasteiger charge is 2.07. The summed E-state index contributed by atoms with van der Waals surface area (Å²) < 4.78 is 0. The maximum absolute atomic E-state index is 5.49. The van der Waals surface area contributed by atoms with Crippen molar-refractivity contribution in [3.63, 3.8) is 0 Å². The summed E-state index contributed by atoms with van der Waals surface area (Å²) in [5, 5.41) is 6.55. The Hall–Kier alpha value is -1.20. The molecule has 0 bridgehead atoms. The fourth-order valence-electron chi connectivity index (χ4n) is 1.63. The zero-order valence-electron chi connectivity index (χ0n) is 9.31. The van der Waals surface area contributed by atoms with Crippen LogP contribution in [0.5, 0.6) is 0 Å². The highest BCUT2D eigenvalue weighted by atomic mass is 32.1. The average molecular weight is 236 g/mol. The van der Waals surface area contributed by atoms with Crippen molar-refractivity contribution in [1.82, 2.24) is 9.97 Å². The number of anilines is 1. The molecule has 2 heterocycles. The van der Waals surface area contributed by atoms with Gasteiger partial charge in [0.05, 0.1) is 5.39 Å². The molecular weight excluding hydrogens is 220 g/mol. The molecule has 3 N–H and O–H groups in total. The van der Waals surface area contributed by atoms with Crippen molar-refractivity contribution in [2.75, 3.05) is 11.9 Å². The molecule has 0 radical (unpaired) electrons. The lowest BCUT2D eigenvalue weighted by atomic mass is 10.2. The van der Waals surface area contributed by atoms with Gasteiger partial charge in [-0.15, -0.1) is 11.3 Å². The summed E-state index contributed by atoms with van der Waals surface area (Å²) in [7, 11) is 0. The van der Waals surface area contributed by atoms with Gasteiger partial charge in [0.2, 0.25) is 0 Å². The fourth-order valence-corrected chi connectivity index (χ4v) is 2.37. The predicted molar refractivity (Wildman–Crippen MR) is 68.8 cm³/mol. The molecule has 1 atom stereocenters. The first-order chi connectivity index (χ1) is 7.81. The third-order valence-electron chi connectivity index (χ3n) is 2.49. The van der Waals surface area contributed by atoms with Crippen LogP contribution in [0.4, 0.5) is 5.82 Å². The third kappa shape index (κ3) is 2.48. The number of thiophene rings is 1. The number of nitrogens with zero attached hydrogens (tertiary/aromatic N) is 2. The van der Waals surface area contributed by atoms with E-state index in [0.29, 0.717) is 6.04 Å². The van der Waals surface area contributed by atoms with Gasteiger partial charge in [0.25, 0.3) is 0 Å². The lowest BCUT2D eigenvalue weighted by Gasteiger charge is -2.14. The number of hydrogen-bond acceptors (Lipinski definition) is 5. The van der Waals surface area contributed by atoms with Gasteiger partial charge >= 0.3 is 0 Å². The Morgan fingerprint density at radius 1 is 1.50 bits per heavy atom. The molecule has 4 nitrogen and oxygen atoms in total. The molecule has 0 amide bonds. The Morgan fingerprint density at radius 3 is 3.19 bits per heavy atom. The van der Waals surface area contributed by atoms with Crippen molar-refractivity contribution in [3.05, 3.63) is 17.8 Å². The van der Waals surface area contributed by atoms with Crippen LogP contribution >= 0.6 is 11.3 Å². The van der Waals surface area contributed by atoms with Crippen molar-refractivity contribution in [2.45, 2.75) is 25.8 Å². The molecule has 16 heavy (non-hydrogen) atoms. The predicted octanol–water partition coefficient (Wildman–Crippen LogP) is 2.23. The highest BCUT2D eigenvalue weighted by Crippen LogP contribution is 2.24. The first kappa shape index (κ1) is 11.3. The molecule has 0 spiro atoms. The van der Waals surface area contributed by atoms with Crippen molar-refractivity contribution in [3.8, 4) is 0 Å². The Bertz CT molecular complexity index is 454. The van der Waals surface area contributed by atoms with Gasteiger partial charge in [0.15, 0.2) is 0 Å². The van der Waals surface area contributed by atoms with Crippen molar-refractivity contribution in [1.29, 1.82) is 0 Å². The molecule has 5 heteroatoms. The van der Waals surface area contributed by atoms with E-state index < -0.39 is 0 Å². The van der Waals surface area contributed by atoms with Crippen molar-refractivity contribution >= 4 is 27.4 Å². The third-order valence-corrected chi connectivity index (χ3v) is 3.31. The van der Waals surface area contributed by atoms with E-state index in [1.165, 1.54) is 0 Å². The molecule has 0 saturated heterocycles. The van der Waals surface area contributed by atoms with E-state index in [9.17, 15) is 0 Å². The minimum Gasteiger partial charge on any atom is -0.367 e. The van der Waals surface area contributed by atoms with Gasteiger partial charge in [0.1, 0.15) is 17.0 Å². The first-order valence-corrected chi connectivity index (χ1v) is 6.34. The molecule has 2 aromatic rings. The van der Waals surface area contributed by atoms with E-state index in [2.05, 4.69) is 28.3 Å². The number of nitrogens with two attached hydrogens (primary N) is 1. The quantitative estimate of drug-likeness (QED) is 0.835. The van der Waals surface area contributed by atoms with Crippen LogP contribution in [0.3, 0.4) is 0 Å². The lowest BCUT2D eigenvalue weighted by Crippen LogP contribution is -2.17. The van der Waals surface area contributed by atoms with Crippen LogP contribution in [-0.2, 0) is 0 Å². The monoisotopic (exact) mass is 236 g/mol. The van der Waals surface area contributed by atoms with Crippen LogP contribution in [0.15, 0.2) is 17.8 Å². The molecule has 0 aliphatic carbocycles. The molecule has 86 valence electrons. The van der Waals surface area contributed by atoms with Crippen LogP contribution in [0, 0.1) is 0 Å². The summed E-state index contributed by atoms with van der Waals surface area (Å²) >= 11 is 1.64. The SMILES string of the molecule is CC(CCCN)Nc1ncnc2sccc12. The van der Waals surface area contributed by atoms with Gasteiger partial charge < -0.3 is 11.1 Å². The second-order valence-electron chi connectivity index (χ2n) is 3.84. The number of rotatable bonds is 5. The summed E-state index contributed by atoms with van der Waals surface area (Å²) in [6, 6.07) is 2.44. The zero-order valence-corrected chi connectivity index (χ0v) is 10.1. The first-order valence-electron chi connectivity index (χ1n) is 5.46. The molecule has 2 rings (SSSR count). The largest absolute Gasteiger partial charge is 0.367 e. The summed E-state index contributed by atoms with van der Waals surface area (Å²) in [6.45, 7) is 2.89. The second kappa shape index (κ2) is 5.23. The van der Waals surface area contributed by atoms with E-state index in [1.54, 1.807) is 17.7 Å².